The molecule has 1 nitrogen and oxygen atoms in total. The zero-order valence-corrected chi connectivity index (χ0v) is 8.93. The van der Waals surface area contributed by atoms with Gasteiger partial charge in [-0.3, -0.25) is 0 Å². The molecular formula is C11H23N. The topological polar surface area (TPSA) is 12.0 Å². The number of piperidine rings is 1. The van der Waals surface area contributed by atoms with Gasteiger partial charge in [0.15, 0.2) is 0 Å². The third kappa shape index (κ3) is 2.48. The first-order valence-corrected chi connectivity index (χ1v) is 5.34. The molecule has 1 saturated heterocycles. The lowest BCUT2D eigenvalue weighted by Crippen LogP contribution is -2.42. The van der Waals surface area contributed by atoms with E-state index in [4.69, 9.17) is 0 Å². The van der Waals surface area contributed by atoms with Crippen molar-refractivity contribution in [2.45, 2.75) is 46.6 Å². The fraction of sp³-hybridized carbons (Fsp3) is 1.00. The molecule has 0 bridgehead atoms. The van der Waals surface area contributed by atoms with Crippen molar-refractivity contribution in [1.82, 2.24) is 5.32 Å². The van der Waals surface area contributed by atoms with Crippen LogP contribution in [0.15, 0.2) is 0 Å². The summed E-state index contributed by atoms with van der Waals surface area (Å²) >= 11 is 0. The molecule has 0 saturated carbocycles. The molecule has 0 amide bonds. The Morgan fingerprint density at radius 3 is 2.25 bits per heavy atom. The summed E-state index contributed by atoms with van der Waals surface area (Å²) in [4.78, 5) is 0. The molecule has 0 aromatic heterocycles. The van der Waals surface area contributed by atoms with Gasteiger partial charge in [-0.2, -0.15) is 0 Å². The molecule has 0 aromatic rings. The van der Waals surface area contributed by atoms with Gasteiger partial charge in [-0.1, -0.05) is 27.7 Å². The highest BCUT2D eigenvalue weighted by molar-refractivity contribution is 4.81. The summed E-state index contributed by atoms with van der Waals surface area (Å²) in [5, 5.41) is 3.60. The SMILES string of the molecule is CC(C)[C@@H]1CCN[C@@H](C(C)C)C1. The van der Waals surface area contributed by atoms with Crippen LogP contribution in [0.5, 0.6) is 0 Å². The highest BCUT2D eigenvalue weighted by Crippen LogP contribution is 2.26. The first-order chi connectivity index (χ1) is 5.61. The van der Waals surface area contributed by atoms with Crippen LogP contribution in [0.1, 0.15) is 40.5 Å². The zero-order chi connectivity index (χ0) is 9.14. The number of rotatable bonds is 2. The smallest absolute Gasteiger partial charge is 0.00928 e. The lowest BCUT2D eigenvalue weighted by atomic mass is 9.81. The van der Waals surface area contributed by atoms with Gasteiger partial charge < -0.3 is 5.32 Å². The average Bonchev–Trinajstić information content (AvgIpc) is 2.04. The molecule has 0 spiro atoms. The molecule has 1 rings (SSSR count). The van der Waals surface area contributed by atoms with Crippen molar-refractivity contribution in [3.8, 4) is 0 Å². The van der Waals surface area contributed by atoms with Gasteiger partial charge >= 0.3 is 0 Å². The predicted molar refractivity (Wildman–Crippen MR) is 54.2 cm³/mol. The van der Waals surface area contributed by atoms with Gasteiger partial charge in [0.2, 0.25) is 0 Å². The van der Waals surface area contributed by atoms with E-state index in [1.807, 2.05) is 0 Å². The molecule has 0 unspecified atom stereocenters. The fourth-order valence-corrected chi connectivity index (χ4v) is 2.09. The van der Waals surface area contributed by atoms with Crippen molar-refractivity contribution < 1.29 is 0 Å². The lowest BCUT2D eigenvalue weighted by molar-refractivity contribution is 0.211. The van der Waals surface area contributed by atoms with Crippen molar-refractivity contribution in [3.63, 3.8) is 0 Å². The molecule has 1 N–H and O–H groups in total. The first kappa shape index (κ1) is 10.0. The molecule has 0 aromatic carbocycles. The van der Waals surface area contributed by atoms with E-state index >= 15 is 0 Å². The molecule has 2 atom stereocenters. The second-order valence-electron chi connectivity index (χ2n) is 4.83. The summed E-state index contributed by atoms with van der Waals surface area (Å²) < 4.78 is 0. The van der Waals surface area contributed by atoms with Gasteiger partial charge in [-0.05, 0) is 37.1 Å². The third-order valence-electron chi connectivity index (χ3n) is 3.23. The minimum Gasteiger partial charge on any atom is -0.314 e. The summed E-state index contributed by atoms with van der Waals surface area (Å²) in [5.74, 6) is 2.62. The maximum absolute atomic E-state index is 3.60. The van der Waals surface area contributed by atoms with Crippen molar-refractivity contribution in [1.29, 1.82) is 0 Å². The van der Waals surface area contributed by atoms with Gasteiger partial charge in [0.25, 0.3) is 0 Å². The Balaban J connectivity index is 2.40. The maximum atomic E-state index is 3.60. The Hall–Kier alpha value is -0.0400. The summed E-state index contributed by atoms with van der Waals surface area (Å²) in [7, 11) is 0. The highest BCUT2D eigenvalue weighted by Gasteiger charge is 2.25. The quantitative estimate of drug-likeness (QED) is 0.670. The van der Waals surface area contributed by atoms with E-state index in [0.717, 1.165) is 23.8 Å². The van der Waals surface area contributed by atoms with Crippen LogP contribution in [0, 0.1) is 17.8 Å². The second kappa shape index (κ2) is 4.27. The number of hydrogen-bond donors (Lipinski definition) is 1. The van der Waals surface area contributed by atoms with Crippen LogP contribution in [0.2, 0.25) is 0 Å². The highest BCUT2D eigenvalue weighted by atomic mass is 14.9. The van der Waals surface area contributed by atoms with E-state index in [1.54, 1.807) is 0 Å². The predicted octanol–water partition coefficient (Wildman–Crippen LogP) is 2.67. The van der Waals surface area contributed by atoms with E-state index in [9.17, 15) is 0 Å². The van der Waals surface area contributed by atoms with Gasteiger partial charge in [0.05, 0.1) is 0 Å². The van der Waals surface area contributed by atoms with Gasteiger partial charge in [-0.15, -0.1) is 0 Å². The van der Waals surface area contributed by atoms with E-state index < -0.39 is 0 Å². The van der Waals surface area contributed by atoms with Crippen LogP contribution in [0.4, 0.5) is 0 Å². The number of hydrogen-bond acceptors (Lipinski definition) is 1. The van der Waals surface area contributed by atoms with E-state index in [0.29, 0.717) is 0 Å². The molecule has 0 radical (unpaired) electrons. The van der Waals surface area contributed by atoms with Gasteiger partial charge in [0.1, 0.15) is 0 Å². The monoisotopic (exact) mass is 169 g/mol. The first-order valence-electron chi connectivity index (χ1n) is 5.34. The Morgan fingerprint density at radius 2 is 1.75 bits per heavy atom. The van der Waals surface area contributed by atoms with Gasteiger partial charge in [0, 0.05) is 6.04 Å². The standard InChI is InChI=1S/C11H23N/c1-8(2)10-5-6-12-11(7-10)9(3)4/h8-12H,5-7H2,1-4H3/t10-,11-/m1/s1. The largest absolute Gasteiger partial charge is 0.314 e. The molecule has 0 aliphatic carbocycles. The van der Waals surface area contributed by atoms with Crippen molar-refractivity contribution in [2.75, 3.05) is 6.54 Å². The van der Waals surface area contributed by atoms with E-state index in [-0.39, 0.29) is 0 Å². The maximum Gasteiger partial charge on any atom is 0.00928 e. The summed E-state index contributed by atoms with van der Waals surface area (Å²) in [6, 6.07) is 0.770. The molecule has 1 aliphatic heterocycles. The molecule has 1 heterocycles. The zero-order valence-electron chi connectivity index (χ0n) is 8.93. The van der Waals surface area contributed by atoms with Crippen molar-refractivity contribution in [2.24, 2.45) is 17.8 Å². The van der Waals surface area contributed by atoms with Crippen molar-refractivity contribution >= 4 is 0 Å². The normalized spacial score (nSPS) is 31.5. The van der Waals surface area contributed by atoms with E-state index in [2.05, 4.69) is 33.0 Å². The molecule has 1 heteroatoms. The Kier molecular flexibility index (Phi) is 3.57. The number of nitrogens with one attached hydrogen (secondary N) is 1. The minimum absolute atomic E-state index is 0.770. The van der Waals surface area contributed by atoms with Crippen LogP contribution in [-0.2, 0) is 0 Å². The van der Waals surface area contributed by atoms with Crippen LogP contribution in [0.3, 0.4) is 0 Å². The van der Waals surface area contributed by atoms with Crippen LogP contribution in [-0.4, -0.2) is 12.6 Å². The fourth-order valence-electron chi connectivity index (χ4n) is 2.09. The molecule has 12 heavy (non-hydrogen) atoms. The Morgan fingerprint density at radius 1 is 1.08 bits per heavy atom. The molecular weight excluding hydrogens is 146 g/mol. The minimum atomic E-state index is 0.770. The third-order valence-corrected chi connectivity index (χ3v) is 3.23. The van der Waals surface area contributed by atoms with Crippen molar-refractivity contribution in [3.05, 3.63) is 0 Å². The molecule has 72 valence electrons. The average molecular weight is 169 g/mol. The summed E-state index contributed by atoms with van der Waals surface area (Å²) in [5.41, 5.74) is 0. The molecule has 1 aliphatic rings. The Labute approximate surface area is 76.9 Å². The molecule has 1 fully saturated rings. The summed E-state index contributed by atoms with van der Waals surface area (Å²) in [6.45, 7) is 10.6. The van der Waals surface area contributed by atoms with Crippen LogP contribution < -0.4 is 5.32 Å². The van der Waals surface area contributed by atoms with Gasteiger partial charge in [-0.25, -0.2) is 0 Å². The van der Waals surface area contributed by atoms with Crippen LogP contribution >= 0.6 is 0 Å². The van der Waals surface area contributed by atoms with Crippen LogP contribution in [0.25, 0.3) is 0 Å². The Bertz CT molecular complexity index is 115. The summed E-state index contributed by atoms with van der Waals surface area (Å²) in [6.07, 6.45) is 2.76. The lowest BCUT2D eigenvalue weighted by Gasteiger charge is -2.34. The second-order valence-corrected chi connectivity index (χ2v) is 4.83. The van der Waals surface area contributed by atoms with E-state index in [1.165, 1.54) is 19.4 Å².